The van der Waals surface area contributed by atoms with Crippen LogP contribution in [0.5, 0.6) is 0 Å². The van der Waals surface area contributed by atoms with Crippen LogP contribution >= 0.6 is 12.2 Å². The molecular weight excluding hydrogens is 316 g/mol. The van der Waals surface area contributed by atoms with Crippen LogP contribution in [0, 0.1) is 0 Å². The molecule has 0 heterocycles. The number of hydroxylamine groups is 3. The number of quaternary nitrogens is 1. The third-order valence-corrected chi connectivity index (χ3v) is 4.18. The minimum Gasteiger partial charge on any atom is -1.00 e. The van der Waals surface area contributed by atoms with Gasteiger partial charge in [-0.2, -0.15) is 0 Å². The first-order chi connectivity index (χ1) is 9.89. The second-order valence-corrected chi connectivity index (χ2v) is 7.08. The quantitative estimate of drug-likeness (QED) is 0.230. The number of hydrogen-bond acceptors (Lipinski definition) is 2. The van der Waals surface area contributed by atoms with E-state index < -0.39 is 0 Å². The Bertz CT molecular complexity index is 273. The molecule has 134 valence electrons. The number of hydrogen-bond donors (Lipinski definition) is 0. The van der Waals surface area contributed by atoms with Crippen molar-refractivity contribution >= 4 is 17.4 Å². The first-order valence-corrected chi connectivity index (χ1v) is 9.03. The van der Waals surface area contributed by atoms with Crippen molar-refractivity contribution in [3.63, 3.8) is 0 Å². The van der Waals surface area contributed by atoms with E-state index in [1.807, 2.05) is 19.0 Å². The summed E-state index contributed by atoms with van der Waals surface area (Å²) in [4.78, 5) is 7.62. The summed E-state index contributed by atoms with van der Waals surface area (Å²) >= 11 is 5.19. The predicted octanol–water partition coefficient (Wildman–Crippen LogP) is 1.77. The lowest BCUT2D eigenvalue weighted by atomic mass is 10.1. The predicted molar refractivity (Wildman–Crippen MR) is 96.2 cm³/mol. The number of rotatable bonds is 12. The molecule has 0 aliphatic heterocycles. The fourth-order valence-electron chi connectivity index (χ4n) is 2.32. The van der Waals surface area contributed by atoms with Crippen molar-refractivity contribution in [2.24, 2.45) is 0 Å². The Morgan fingerprint density at radius 3 is 1.68 bits per heavy atom. The Morgan fingerprint density at radius 1 is 0.864 bits per heavy atom. The molecule has 0 radical (unpaired) electrons. The van der Waals surface area contributed by atoms with E-state index in [0.29, 0.717) is 9.82 Å². The molecule has 0 saturated carbocycles. The molecule has 3 nitrogen and oxygen atoms in total. The topological polar surface area (TPSA) is 12.5 Å². The zero-order valence-corrected chi connectivity index (χ0v) is 16.9. The second-order valence-electron chi connectivity index (χ2n) is 6.73. The summed E-state index contributed by atoms with van der Waals surface area (Å²) < 4.78 is 0.522. The molecule has 5 heteroatoms. The van der Waals surface area contributed by atoms with Crippen LogP contribution in [-0.4, -0.2) is 49.5 Å². The van der Waals surface area contributed by atoms with Crippen molar-refractivity contribution in [3.8, 4) is 0 Å². The van der Waals surface area contributed by atoms with Gasteiger partial charge in [0.05, 0.1) is 0 Å². The van der Waals surface area contributed by atoms with Crippen molar-refractivity contribution in [1.29, 1.82) is 0 Å². The minimum atomic E-state index is 0. The second kappa shape index (κ2) is 14.5. The van der Waals surface area contributed by atoms with Crippen LogP contribution in [-0.2, 0) is 4.84 Å². The summed E-state index contributed by atoms with van der Waals surface area (Å²) in [6, 6.07) is 0. The Hall–Kier alpha value is -0.0600. The van der Waals surface area contributed by atoms with E-state index in [9.17, 15) is 0 Å². The molecular formula is C17H37ClN2OS. The van der Waals surface area contributed by atoms with Crippen molar-refractivity contribution in [2.45, 2.75) is 71.1 Å². The minimum absolute atomic E-state index is 0. The Kier molecular flexibility index (Phi) is 16.0. The summed E-state index contributed by atoms with van der Waals surface area (Å²) in [5, 5.41) is 0.562. The van der Waals surface area contributed by atoms with Crippen molar-refractivity contribution in [3.05, 3.63) is 0 Å². The molecule has 0 fully saturated rings. The standard InChI is InChI=1S/C17H37N2OS.ClH/c1-6-7-8-9-10-11-12-13-14-15-16-19(4,5)20-17(21)18(2)3;/h6-16H2,1-5H3;1H/q+1;/p-1. The average Bonchev–Trinajstić information content (AvgIpc) is 2.40. The molecule has 0 atom stereocenters. The maximum absolute atomic E-state index is 5.78. The van der Waals surface area contributed by atoms with Gasteiger partial charge in [0.15, 0.2) is 0 Å². The molecule has 22 heavy (non-hydrogen) atoms. The lowest BCUT2D eigenvalue weighted by molar-refractivity contribution is -1.06. The van der Waals surface area contributed by atoms with E-state index in [1.54, 1.807) is 0 Å². The van der Waals surface area contributed by atoms with Crippen LogP contribution in [0.3, 0.4) is 0 Å². The Morgan fingerprint density at radius 2 is 1.27 bits per heavy atom. The molecule has 0 aromatic rings. The van der Waals surface area contributed by atoms with Crippen LogP contribution in [0.15, 0.2) is 0 Å². The van der Waals surface area contributed by atoms with Gasteiger partial charge in [-0.15, -0.1) is 4.65 Å². The first-order valence-electron chi connectivity index (χ1n) is 8.63. The molecule has 0 unspecified atom stereocenters. The van der Waals surface area contributed by atoms with E-state index in [0.717, 1.165) is 6.54 Å². The normalized spacial score (nSPS) is 11.0. The summed E-state index contributed by atoms with van der Waals surface area (Å²) in [5.41, 5.74) is 0. The Balaban J connectivity index is 0. The van der Waals surface area contributed by atoms with Crippen LogP contribution in [0.4, 0.5) is 0 Å². The molecule has 0 aromatic heterocycles. The maximum Gasteiger partial charge on any atom is 0.324 e. The summed E-state index contributed by atoms with van der Waals surface area (Å²) in [7, 11) is 7.98. The van der Waals surface area contributed by atoms with Gasteiger partial charge < -0.3 is 17.3 Å². The molecule has 0 rings (SSSR count). The van der Waals surface area contributed by atoms with Gasteiger partial charge in [-0.1, -0.05) is 58.3 Å². The van der Waals surface area contributed by atoms with Crippen LogP contribution in [0.2, 0.25) is 0 Å². The highest BCUT2D eigenvalue weighted by molar-refractivity contribution is 7.79. The van der Waals surface area contributed by atoms with Crippen LogP contribution < -0.4 is 12.4 Å². The molecule has 0 saturated heterocycles. The highest BCUT2D eigenvalue weighted by Gasteiger charge is 2.20. The third-order valence-electron chi connectivity index (χ3n) is 3.74. The van der Waals surface area contributed by atoms with Gasteiger partial charge in [0.1, 0.15) is 20.6 Å². The van der Waals surface area contributed by atoms with E-state index in [4.69, 9.17) is 17.1 Å². The highest BCUT2D eigenvalue weighted by Crippen LogP contribution is 2.12. The van der Waals surface area contributed by atoms with Crippen LogP contribution in [0.1, 0.15) is 71.1 Å². The smallest absolute Gasteiger partial charge is 0.324 e. The maximum atomic E-state index is 5.78. The van der Waals surface area contributed by atoms with Gasteiger partial charge in [-0.25, -0.2) is 0 Å². The fraction of sp³-hybridized carbons (Fsp3) is 0.941. The highest BCUT2D eigenvalue weighted by atomic mass is 35.5. The molecule has 0 spiro atoms. The van der Waals surface area contributed by atoms with Gasteiger partial charge in [0.25, 0.3) is 0 Å². The third kappa shape index (κ3) is 14.9. The molecule has 0 aromatic carbocycles. The zero-order valence-electron chi connectivity index (χ0n) is 15.4. The number of unbranched alkanes of at least 4 members (excludes halogenated alkanes) is 9. The van der Waals surface area contributed by atoms with E-state index in [2.05, 4.69) is 21.0 Å². The fourth-order valence-corrected chi connectivity index (χ4v) is 2.52. The van der Waals surface area contributed by atoms with Crippen LogP contribution in [0.25, 0.3) is 0 Å². The van der Waals surface area contributed by atoms with Gasteiger partial charge in [0, 0.05) is 20.5 Å². The van der Waals surface area contributed by atoms with Gasteiger partial charge in [-0.05, 0) is 18.6 Å². The summed E-state index contributed by atoms with van der Waals surface area (Å²) in [5.74, 6) is 0. The molecule has 0 N–H and O–H groups in total. The number of halogens is 1. The lowest BCUT2D eigenvalue weighted by Crippen LogP contribution is -3.00. The molecule has 0 bridgehead atoms. The SMILES string of the molecule is CCCCCCCCCCCC[N+](C)(C)OC(=S)N(C)C.[Cl-]. The van der Waals surface area contributed by atoms with Gasteiger partial charge >= 0.3 is 5.17 Å². The van der Waals surface area contributed by atoms with Gasteiger partial charge in [-0.3, -0.25) is 4.84 Å². The van der Waals surface area contributed by atoms with Crippen molar-refractivity contribution < 1.29 is 21.9 Å². The van der Waals surface area contributed by atoms with E-state index >= 15 is 0 Å². The zero-order chi connectivity index (χ0) is 16.1. The molecule has 0 amide bonds. The molecule has 0 aliphatic rings. The molecule has 0 aliphatic carbocycles. The van der Waals surface area contributed by atoms with Crippen molar-refractivity contribution in [1.82, 2.24) is 4.90 Å². The summed E-state index contributed by atoms with van der Waals surface area (Å²) in [6.07, 6.45) is 13.7. The average molecular weight is 353 g/mol. The largest absolute Gasteiger partial charge is 1.00 e. The summed E-state index contributed by atoms with van der Waals surface area (Å²) in [6.45, 7) is 3.29. The van der Waals surface area contributed by atoms with E-state index in [-0.39, 0.29) is 12.4 Å². The monoisotopic (exact) mass is 352 g/mol. The number of nitrogens with zero attached hydrogens (tertiary/aromatic N) is 2. The lowest BCUT2D eigenvalue weighted by Gasteiger charge is -2.29. The first kappa shape index (κ1) is 24.2. The van der Waals surface area contributed by atoms with Crippen molar-refractivity contribution in [2.75, 3.05) is 34.7 Å². The van der Waals surface area contributed by atoms with E-state index in [1.165, 1.54) is 64.2 Å². The van der Waals surface area contributed by atoms with Gasteiger partial charge in [0.2, 0.25) is 0 Å². The Labute approximate surface area is 150 Å². The number of thiocarbonyl (C=S) groups is 1.